The molecule has 204 valence electrons. The molecule has 3 aromatic rings. The maximum atomic E-state index is 12.8. The Morgan fingerprint density at radius 3 is 2.18 bits per heavy atom. The van der Waals surface area contributed by atoms with E-state index in [-0.39, 0.29) is 24.8 Å². The molecule has 0 radical (unpaired) electrons. The molecule has 38 heavy (non-hydrogen) atoms. The van der Waals surface area contributed by atoms with Crippen LogP contribution in [0.2, 0.25) is 0 Å². The summed E-state index contributed by atoms with van der Waals surface area (Å²) in [5.74, 6) is 0.458. The zero-order chi connectivity index (χ0) is 26.3. The molecule has 0 aliphatic carbocycles. The zero-order valence-corrected chi connectivity index (χ0v) is 21.8. The first-order valence-electron chi connectivity index (χ1n) is 12.4. The van der Waals surface area contributed by atoms with E-state index < -0.39 is 17.8 Å². The maximum absolute atomic E-state index is 12.8. The van der Waals surface area contributed by atoms with E-state index >= 15 is 0 Å². The number of alkyl halides is 3. The van der Waals surface area contributed by atoms with E-state index in [1.165, 1.54) is 12.1 Å². The molecular weight excluding hydrogens is 517 g/mol. The Hall–Kier alpha value is -3.07. The first-order chi connectivity index (χ1) is 17.8. The number of hydrogen-bond donors (Lipinski definition) is 1. The fraction of sp³-hybridized carbons (Fsp3) is 0.345. The van der Waals surface area contributed by atoms with Gasteiger partial charge in [-0.05, 0) is 48.4 Å². The third kappa shape index (κ3) is 8.21. The van der Waals surface area contributed by atoms with E-state index in [4.69, 9.17) is 4.74 Å². The van der Waals surface area contributed by atoms with Crippen molar-refractivity contribution < 1.29 is 27.8 Å². The number of halogens is 4. The van der Waals surface area contributed by atoms with Gasteiger partial charge in [0, 0.05) is 44.8 Å². The monoisotopic (exact) mass is 548 g/mol. The number of aryl methyl sites for hydroxylation is 1. The molecule has 5 nitrogen and oxygen atoms in total. The molecule has 1 saturated heterocycles. The lowest BCUT2D eigenvalue weighted by atomic mass is 10.0. The SMILES string of the molecule is Cl.O=C(CCc1ccccc1)c1ccccc1OCC(O)CN1CCN(c2ccc(C(F)(F)F)cc2)CC1. The lowest BCUT2D eigenvalue weighted by molar-refractivity contribution is -0.137. The van der Waals surface area contributed by atoms with Crippen LogP contribution in [0.5, 0.6) is 5.75 Å². The van der Waals surface area contributed by atoms with Crippen molar-refractivity contribution in [3.8, 4) is 5.75 Å². The van der Waals surface area contributed by atoms with E-state index in [1.54, 1.807) is 24.3 Å². The van der Waals surface area contributed by atoms with Crippen LogP contribution in [0.3, 0.4) is 0 Å². The molecule has 9 heteroatoms. The summed E-state index contributed by atoms with van der Waals surface area (Å²) < 4.78 is 44.2. The number of carbonyl (C=O) groups is 1. The van der Waals surface area contributed by atoms with Crippen molar-refractivity contribution in [3.63, 3.8) is 0 Å². The standard InChI is InChI=1S/C29H31F3N2O3.ClH/c30-29(31,32)23-11-13-24(14-12-23)34-18-16-33(17-19-34)20-25(35)21-37-28-9-5-4-8-26(28)27(36)15-10-22-6-2-1-3-7-22;/h1-9,11-14,25,35H,10,15-21H2;1H. The first kappa shape index (κ1) is 29.5. The Labute approximate surface area is 227 Å². The minimum atomic E-state index is -4.34. The number of benzene rings is 3. The molecule has 1 aliphatic heterocycles. The molecule has 1 unspecified atom stereocenters. The van der Waals surface area contributed by atoms with Crippen molar-refractivity contribution in [1.29, 1.82) is 0 Å². The van der Waals surface area contributed by atoms with Crippen molar-refractivity contribution in [2.45, 2.75) is 25.1 Å². The van der Waals surface area contributed by atoms with Crippen molar-refractivity contribution in [3.05, 3.63) is 95.6 Å². The number of aliphatic hydroxyl groups is 1. The van der Waals surface area contributed by atoms with Crippen LogP contribution >= 0.6 is 12.4 Å². The number of rotatable bonds is 10. The predicted octanol–water partition coefficient (Wildman–Crippen LogP) is 5.50. The Kier molecular flexibility index (Phi) is 10.6. The second kappa shape index (κ2) is 13.6. The van der Waals surface area contributed by atoms with Crippen molar-refractivity contribution in [2.24, 2.45) is 0 Å². The van der Waals surface area contributed by atoms with Gasteiger partial charge in [0.05, 0.1) is 11.1 Å². The average Bonchev–Trinajstić information content (AvgIpc) is 2.91. The van der Waals surface area contributed by atoms with Gasteiger partial charge in [0.15, 0.2) is 5.78 Å². The smallest absolute Gasteiger partial charge is 0.416 e. The number of Topliss-reactive ketones (excluding diaryl/α,β-unsaturated/α-hetero) is 1. The van der Waals surface area contributed by atoms with E-state index in [0.717, 1.165) is 23.4 Å². The second-order valence-electron chi connectivity index (χ2n) is 9.20. The summed E-state index contributed by atoms with van der Waals surface area (Å²) in [7, 11) is 0. The lowest BCUT2D eigenvalue weighted by Crippen LogP contribution is -2.49. The fourth-order valence-corrected chi connectivity index (χ4v) is 4.45. The average molecular weight is 549 g/mol. The molecule has 0 amide bonds. The van der Waals surface area contributed by atoms with E-state index in [2.05, 4.69) is 4.90 Å². The van der Waals surface area contributed by atoms with Crippen molar-refractivity contribution in [1.82, 2.24) is 4.90 Å². The number of ether oxygens (including phenoxy) is 1. The van der Waals surface area contributed by atoms with Gasteiger partial charge in [-0.1, -0.05) is 42.5 Å². The van der Waals surface area contributed by atoms with Gasteiger partial charge in [-0.2, -0.15) is 13.2 Å². The molecule has 1 N–H and O–H groups in total. The molecule has 4 rings (SSSR count). The molecular formula is C29H32ClF3N2O3. The summed E-state index contributed by atoms with van der Waals surface area (Å²) in [5.41, 5.74) is 1.71. The number of carbonyl (C=O) groups excluding carboxylic acids is 1. The quantitative estimate of drug-likeness (QED) is 0.339. The lowest BCUT2D eigenvalue weighted by Gasteiger charge is -2.37. The summed E-state index contributed by atoms with van der Waals surface area (Å²) in [6.45, 7) is 3.11. The van der Waals surface area contributed by atoms with Crippen LogP contribution in [0.4, 0.5) is 18.9 Å². The summed E-state index contributed by atoms with van der Waals surface area (Å²) in [6.07, 6.45) is -4.07. The highest BCUT2D eigenvalue weighted by Gasteiger charge is 2.30. The van der Waals surface area contributed by atoms with Crippen LogP contribution < -0.4 is 9.64 Å². The Morgan fingerprint density at radius 1 is 0.895 bits per heavy atom. The van der Waals surface area contributed by atoms with Gasteiger partial charge in [-0.25, -0.2) is 0 Å². The number of anilines is 1. The van der Waals surface area contributed by atoms with Crippen LogP contribution in [0.15, 0.2) is 78.9 Å². The highest BCUT2D eigenvalue weighted by Crippen LogP contribution is 2.30. The van der Waals surface area contributed by atoms with Gasteiger partial charge in [0.25, 0.3) is 0 Å². The molecule has 0 bridgehead atoms. The van der Waals surface area contributed by atoms with Gasteiger partial charge in [-0.15, -0.1) is 12.4 Å². The molecule has 1 aliphatic rings. The minimum absolute atomic E-state index is 0. The zero-order valence-electron chi connectivity index (χ0n) is 20.9. The Bertz CT molecular complexity index is 1150. The molecule has 1 heterocycles. The predicted molar refractivity (Wildman–Crippen MR) is 144 cm³/mol. The van der Waals surface area contributed by atoms with Gasteiger partial charge in [0.1, 0.15) is 18.5 Å². The first-order valence-corrected chi connectivity index (χ1v) is 12.4. The molecule has 0 saturated carbocycles. The number of β-amino-alcohol motifs (C(OH)–C–C–N with tert-alkyl or cyclic N) is 1. The number of piperazine rings is 1. The number of ketones is 1. The number of aliphatic hydroxyl groups excluding tert-OH is 1. The van der Waals surface area contributed by atoms with Crippen molar-refractivity contribution in [2.75, 3.05) is 44.2 Å². The number of para-hydroxylation sites is 1. The van der Waals surface area contributed by atoms with Gasteiger partial charge in [0.2, 0.25) is 0 Å². The van der Waals surface area contributed by atoms with Crippen LogP contribution in [-0.4, -0.2) is 61.2 Å². The number of nitrogens with zero attached hydrogens (tertiary/aromatic N) is 2. The largest absolute Gasteiger partial charge is 0.490 e. The third-order valence-electron chi connectivity index (χ3n) is 6.50. The van der Waals surface area contributed by atoms with Gasteiger partial charge >= 0.3 is 6.18 Å². The molecule has 1 atom stereocenters. The normalized spacial score (nSPS) is 15.0. The minimum Gasteiger partial charge on any atom is -0.490 e. The maximum Gasteiger partial charge on any atom is 0.416 e. The highest BCUT2D eigenvalue weighted by molar-refractivity contribution is 5.98. The summed E-state index contributed by atoms with van der Waals surface area (Å²) >= 11 is 0. The van der Waals surface area contributed by atoms with Crippen LogP contribution in [0.1, 0.15) is 27.9 Å². The van der Waals surface area contributed by atoms with E-state index in [9.17, 15) is 23.1 Å². The molecule has 3 aromatic carbocycles. The van der Waals surface area contributed by atoms with E-state index in [1.807, 2.05) is 35.2 Å². The van der Waals surface area contributed by atoms with Crippen molar-refractivity contribution >= 4 is 23.9 Å². The summed E-state index contributed by atoms with van der Waals surface area (Å²) in [6, 6.07) is 22.1. The molecule has 1 fully saturated rings. The summed E-state index contributed by atoms with van der Waals surface area (Å²) in [4.78, 5) is 16.9. The third-order valence-corrected chi connectivity index (χ3v) is 6.50. The highest BCUT2D eigenvalue weighted by atomic mass is 35.5. The van der Waals surface area contributed by atoms with Gasteiger partial charge < -0.3 is 14.7 Å². The Morgan fingerprint density at radius 2 is 1.53 bits per heavy atom. The van der Waals surface area contributed by atoms with Crippen LogP contribution in [0, 0.1) is 0 Å². The van der Waals surface area contributed by atoms with E-state index in [0.29, 0.717) is 56.9 Å². The molecule has 0 aromatic heterocycles. The van der Waals surface area contributed by atoms with Gasteiger partial charge in [-0.3, -0.25) is 9.69 Å². The van der Waals surface area contributed by atoms with Crippen LogP contribution in [0.25, 0.3) is 0 Å². The Balaban J connectivity index is 0.00000400. The second-order valence-corrected chi connectivity index (χ2v) is 9.20. The fourth-order valence-electron chi connectivity index (χ4n) is 4.45. The number of hydrogen-bond acceptors (Lipinski definition) is 5. The van der Waals surface area contributed by atoms with Crippen LogP contribution in [-0.2, 0) is 12.6 Å². The molecule has 0 spiro atoms. The summed E-state index contributed by atoms with van der Waals surface area (Å²) in [5, 5.41) is 10.6. The topological polar surface area (TPSA) is 53.0 Å².